The maximum absolute atomic E-state index is 9.19. The molecule has 0 saturated heterocycles. The molecule has 1 aromatic heterocycles. The van der Waals surface area contributed by atoms with E-state index in [1.165, 1.54) is 0 Å². The first-order valence-electron chi connectivity index (χ1n) is 5.80. The fourth-order valence-electron chi connectivity index (χ4n) is 1.87. The van der Waals surface area contributed by atoms with Crippen molar-refractivity contribution in [2.45, 2.75) is 6.61 Å². The Morgan fingerprint density at radius 3 is 2.68 bits per heavy atom. The third-order valence-corrected chi connectivity index (χ3v) is 3.08. The third kappa shape index (κ3) is 2.51. The molecule has 2 aromatic carbocycles. The van der Waals surface area contributed by atoms with E-state index in [0.29, 0.717) is 17.4 Å². The summed E-state index contributed by atoms with van der Waals surface area (Å²) in [4.78, 5) is 0. The van der Waals surface area contributed by atoms with Crippen molar-refractivity contribution in [3.8, 4) is 11.5 Å². The van der Waals surface area contributed by atoms with Crippen molar-refractivity contribution >= 4 is 22.6 Å². The number of hydrogen-bond donors (Lipinski definition) is 1. The van der Waals surface area contributed by atoms with Gasteiger partial charge in [0.15, 0.2) is 0 Å². The molecule has 19 heavy (non-hydrogen) atoms. The Hall–Kier alpha value is -2.13. The number of ether oxygens (including phenoxy) is 1. The van der Waals surface area contributed by atoms with Crippen LogP contribution in [-0.2, 0) is 6.61 Å². The van der Waals surface area contributed by atoms with Crippen molar-refractivity contribution in [3.05, 3.63) is 59.3 Å². The summed E-state index contributed by atoms with van der Waals surface area (Å²) < 4.78 is 11.1. The van der Waals surface area contributed by atoms with Crippen LogP contribution in [0.3, 0.4) is 0 Å². The van der Waals surface area contributed by atoms with Crippen LogP contribution in [0.15, 0.2) is 53.1 Å². The van der Waals surface area contributed by atoms with Gasteiger partial charge in [0.1, 0.15) is 23.7 Å². The van der Waals surface area contributed by atoms with E-state index >= 15 is 0 Å². The van der Waals surface area contributed by atoms with Gasteiger partial charge in [-0.25, -0.2) is 0 Å². The number of fused-ring (bicyclic) bond motifs is 1. The lowest BCUT2D eigenvalue weighted by Gasteiger charge is -2.04. The Morgan fingerprint density at radius 1 is 1.11 bits per heavy atom. The monoisotopic (exact) mass is 274 g/mol. The lowest BCUT2D eigenvalue weighted by molar-refractivity contribution is 0.305. The summed E-state index contributed by atoms with van der Waals surface area (Å²) in [5.41, 5.74) is 1.71. The van der Waals surface area contributed by atoms with Crippen molar-refractivity contribution < 1.29 is 14.3 Å². The molecule has 3 nitrogen and oxygen atoms in total. The van der Waals surface area contributed by atoms with Crippen molar-refractivity contribution in [1.29, 1.82) is 0 Å². The van der Waals surface area contributed by atoms with Crippen LogP contribution in [0, 0.1) is 0 Å². The van der Waals surface area contributed by atoms with Gasteiger partial charge in [0.25, 0.3) is 0 Å². The highest BCUT2D eigenvalue weighted by Crippen LogP contribution is 2.26. The van der Waals surface area contributed by atoms with Crippen LogP contribution in [0.1, 0.15) is 5.56 Å². The molecular formula is C15H11ClO3. The molecule has 0 atom stereocenters. The van der Waals surface area contributed by atoms with Gasteiger partial charge >= 0.3 is 0 Å². The molecule has 0 fully saturated rings. The fraction of sp³-hybridized carbons (Fsp3) is 0.0667. The van der Waals surface area contributed by atoms with E-state index in [1.807, 2.05) is 12.1 Å². The topological polar surface area (TPSA) is 42.6 Å². The molecule has 1 heterocycles. The van der Waals surface area contributed by atoms with Crippen molar-refractivity contribution in [2.24, 2.45) is 0 Å². The zero-order chi connectivity index (χ0) is 13.2. The lowest BCUT2D eigenvalue weighted by Crippen LogP contribution is -1.93. The second-order valence-corrected chi connectivity index (χ2v) is 4.62. The van der Waals surface area contributed by atoms with Crippen molar-refractivity contribution in [2.75, 3.05) is 0 Å². The zero-order valence-electron chi connectivity index (χ0n) is 9.97. The van der Waals surface area contributed by atoms with Crippen molar-refractivity contribution in [3.63, 3.8) is 0 Å². The zero-order valence-corrected chi connectivity index (χ0v) is 10.7. The molecule has 96 valence electrons. The van der Waals surface area contributed by atoms with E-state index in [4.69, 9.17) is 20.8 Å². The smallest absolute Gasteiger partial charge is 0.135 e. The van der Waals surface area contributed by atoms with Gasteiger partial charge in [0.2, 0.25) is 0 Å². The highest BCUT2D eigenvalue weighted by molar-refractivity contribution is 6.31. The molecule has 0 aliphatic carbocycles. The van der Waals surface area contributed by atoms with Gasteiger partial charge in [-0.05, 0) is 42.5 Å². The summed E-state index contributed by atoms with van der Waals surface area (Å²) >= 11 is 5.90. The number of aromatic hydroxyl groups is 1. The molecule has 0 bridgehead atoms. The summed E-state index contributed by atoms with van der Waals surface area (Å²) in [5, 5.41) is 10.8. The number of hydrogen-bond acceptors (Lipinski definition) is 3. The Balaban J connectivity index is 1.80. The number of phenolic OH excluding ortho intramolecular Hbond substituents is 1. The van der Waals surface area contributed by atoms with E-state index in [1.54, 1.807) is 36.6 Å². The molecular weight excluding hydrogens is 264 g/mol. The first kappa shape index (κ1) is 11.9. The first-order chi connectivity index (χ1) is 9.22. The highest BCUT2D eigenvalue weighted by atomic mass is 35.5. The predicted octanol–water partition coefficient (Wildman–Crippen LogP) is 4.37. The van der Waals surface area contributed by atoms with Crippen LogP contribution in [0.4, 0.5) is 0 Å². The summed E-state index contributed by atoms with van der Waals surface area (Å²) in [6.45, 7) is 0.402. The molecule has 0 spiro atoms. The van der Waals surface area contributed by atoms with Crippen LogP contribution < -0.4 is 4.74 Å². The summed E-state index contributed by atoms with van der Waals surface area (Å²) in [7, 11) is 0. The number of halogens is 1. The second-order valence-electron chi connectivity index (χ2n) is 4.18. The summed E-state index contributed by atoms with van der Waals surface area (Å²) in [5.74, 6) is 0.914. The van der Waals surface area contributed by atoms with Crippen LogP contribution in [0.2, 0.25) is 5.02 Å². The Morgan fingerprint density at radius 2 is 1.89 bits per heavy atom. The highest BCUT2D eigenvalue weighted by Gasteiger charge is 2.07. The van der Waals surface area contributed by atoms with E-state index in [2.05, 4.69) is 0 Å². The average Bonchev–Trinajstić information content (AvgIpc) is 2.80. The second kappa shape index (κ2) is 4.86. The minimum absolute atomic E-state index is 0.218. The van der Waals surface area contributed by atoms with Gasteiger partial charge in [-0.2, -0.15) is 0 Å². The van der Waals surface area contributed by atoms with Crippen LogP contribution in [-0.4, -0.2) is 5.11 Å². The van der Waals surface area contributed by atoms with Crippen LogP contribution in [0.5, 0.6) is 11.5 Å². The normalized spacial score (nSPS) is 10.8. The Kier molecular flexibility index (Phi) is 3.05. The molecule has 0 aliphatic rings. The van der Waals surface area contributed by atoms with Gasteiger partial charge in [-0.1, -0.05) is 11.6 Å². The molecule has 0 saturated carbocycles. The maximum atomic E-state index is 9.19. The van der Waals surface area contributed by atoms with Gasteiger partial charge < -0.3 is 14.3 Å². The number of furan rings is 1. The van der Waals surface area contributed by atoms with E-state index in [0.717, 1.165) is 16.5 Å². The molecule has 1 N–H and O–H groups in total. The molecule has 4 heteroatoms. The molecule has 0 amide bonds. The van der Waals surface area contributed by atoms with E-state index < -0.39 is 0 Å². The van der Waals surface area contributed by atoms with Gasteiger partial charge in [0, 0.05) is 16.0 Å². The van der Waals surface area contributed by atoms with Gasteiger partial charge in [0.05, 0.1) is 6.26 Å². The standard InChI is InChI=1S/C15H11ClO3/c16-11-1-6-14-10(9-19-15(14)7-11)8-18-13-4-2-12(17)3-5-13/h1-7,9,17H,8H2. The quantitative estimate of drug-likeness (QED) is 0.771. The predicted molar refractivity (Wildman–Crippen MR) is 73.7 cm³/mol. The minimum Gasteiger partial charge on any atom is -0.508 e. The molecule has 0 unspecified atom stereocenters. The molecule has 0 aliphatic heterocycles. The number of benzene rings is 2. The Bertz CT molecular complexity index is 701. The summed E-state index contributed by atoms with van der Waals surface area (Å²) in [6, 6.07) is 12.1. The van der Waals surface area contributed by atoms with E-state index in [9.17, 15) is 5.11 Å². The summed E-state index contributed by atoms with van der Waals surface area (Å²) in [6.07, 6.45) is 1.67. The molecule has 3 rings (SSSR count). The average molecular weight is 275 g/mol. The SMILES string of the molecule is Oc1ccc(OCc2coc3cc(Cl)ccc23)cc1. The number of phenols is 1. The van der Waals surface area contributed by atoms with E-state index in [-0.39, 0.29) is 5.75 Å². The number of rotatable bonds is 3. The van der Waals surface area contributed by atoms with Crippen LogP contribution >= 0.6 is 11.6 Å². The molecule has 0 radical (unpaired) electrons. The largest absolute Gasteiger partial charge is 0.508 e. The fourth-order valence-corrected chi connectivity index (χ4v) is 2.03. The molecule has 3 aromatic rings. The first-order valence-corrected chi connectivity index (χ1v) is 6.17. The van der Waals surface area contributed by atoms with Crippen molar-refractivity contribution in [1.82, 2.24) is 0 Å². The van der Waals surface area contributed by atoms with Gasteiger partial charge in [-0.15, -0.1) is 0 Å². The third-order valence-electron chi connectivity index (χ3n) is 2.85. The minimum atomic E-state index is 0.218. The lowest BCUT2D eigenvalue weighted by atomic mass is 10.2. The Labute approximate surface area is 115 Å². The maximum Gasteiger partial charge on any atom is 0.135 e. The van der Waals surface area contributed by atoms with Crippen LogP contribution in [0.25, 0.3) is 11.0 Å². The van der Waals surface area contributed by atoms with Gasteiger partial charge in [-0.3, -0.25) is 0 Å².